The van der Waals surface area contributed by atoms with Crippen molar-refractivity contribution in [2.24, 2.45) is 5.73 Å². The molecule has 1 amide bonds. The van der Waals surface area contributed by atoms with E-state index in [9.17, 15) is 14.7 Å². The second kappa shape index (κ2) is 5.12. The summed E-state index contributed by atoms with van der Waals surface area (Å²) in [6, 6.07) is 0. The quantitative estimate of drug-likeness (QED) is 0.812. The number of amides is 1. The standard InChI is InChI=1S/C14H24N2O3/c1-2-14(12(18)19)9-6-10-16(14)11(17)13(15)7-4-3-5-8-13/h2-10,15H2,1H3,(H,18,19). The molecule has 1 saturated heterocycles. The van der Waals surface area contributed by atoms with Gasteiger partial charge in [0.1, 0.15) is 5.54 Å². The van der Waals surface area contributed by atoms with Gasteiger partial charge in [0, 0.05) is 6.54 Å². The summed E-state index contributed by atoms with van der Waals surface area (Å²) in [4.78, 5) is 25.9. The lowest BCUT2D eigenvalue weighted by Gasteiger charge is -2.41. The topological polar surface area (TPSA) is 83.6 Å². The molecule has 1 unspecified atom stereocenters. The predicted molar refractivity (Wildman–Crippen MR) is 71.6 cm³/mol. The van der Waals surface area contributed by atoms with Gasteiger partial charge < -0.3 is 15.7 Å². The smallest absolute Gasteiger partial charge is 0.329 e. The molecular weight excluding hydrogens is 244 g/mol. The maximum Gasteiger partial charge on any atom is 0.329 e. The fourth-order valence-electron chi connectivity index (χ4n) is 3.58. The normalized spacial score (nSPS) is 30.3. The number of hydrogen-bond acceptors (Lipinski definition) is 3. The summed E-state index contributed by atoms with van der Waals surface area (Å²) >= 11 is 0. The van der Waals surface area contributed by atoms with Crippen LogP contribution in [0, 0.1) is 0 Å². The monoisotopic (exact) mass is 268 g/mol. The van der Waals surface area contributed by atoms with Crippen molar-refractivity contribution in [2.75, 3.05) is 6.54 Å². The molecule has 2 fully saturated rings. The Hall–Kier alpha value is -1.10. The molecule has 5 nitrogen and oxygen atoms in total. The van der Waals surface area contributed by atoms with Crippen molar-refractivity contribution >= 4 is 11.9 Å². The zero-order valence-electron chi connectivity index (χ0n) is 11.7. The molecule has 0 aromatic rings. The average Bonchev–Trinajstić information content (AvgIpc) is 2.83. The van der Waals surface area contributed by atoms with E-state index in [1.54, 1.807) is 4.90 Å². The van der Waals surface area contributed by atoms with Gasteiger partial charge in [0.05, 0.1) is 5.54 Å². The molecule has 1 heterocycles. The minimum Gasteiger partial charge on any atom is -0.479 e. The van der Waals surface area contributed by atoms with Gasteiger partial charge in [0.25, 0.3) is 0 Å². The van der Waals surface area contributed by atoms with Crippen LogP contribution < -0.4 is 5.73 Å². The number of likely N-dealkylation sites (tertiary alicyclic amines) is 1. The van der Waals surface area contributed by atoms with Crippen molar-refractivity contribution in [3.8, 4) is 0 Å². The number of nitrogens with zero attached hydrogens (tertiary/aromatic N) is 1. The third kappa shape index (κ3) is 2.24. The molecule has 1 atom stereocenters. The van der Waals surface area contributed by atoms with E-state index in [-0.39, 0.29) is 5.91 Å². The van der Waals surface area contributed by atoms with Crippen LogP contribution in [0.1, 0.15) is 58.3 Å². The van der Waals surface area contributed by atoms with Crippen LogP contribution in [0.3, 0.4) is 0 Å². The number of rotatable bonds is 3. The van der Waals surface area contributed by atoms with Crippen molar-refractivity contribution in [2.45, 2.75) is 69.4 Å². The molecule has 0 aromatic heterocycles. The molecule has 0 radical (unpaired) electrons. The highest BCUT2D eigenvalue weighted by Crippen LogP contribution is 2.37. The third-order valence-electron chi connectivity index (χ3n) is 4.89. The number of aliphatic carboxylic acids is 1. The average molecular weight is 268 g/mol. The first kappa shape index (κ1) is 14.3. The van der Waals surface area contributed by atoms with Gasteiger partial charge in [-0.2, -0.15) is 0 Å². The minimum absolute atomic E-state index is 0.144. The van der Waals surface area contributed by atoms with Crippen molar-refractivity contribution < 1.29 is 14.7 Å². The van der Waals surface area contributed by atoms with Crippen molar-refractivity contribution in [1.82, 2.24) is 4.90 Å². The number of carbonyl (C=O) groups is 2. The Morgan fingerprint density at radius 3 is 2.32 bits per heavy atom. The van der Waals surface area contributed by atoms with Crippen molar-refractivity contribution in [3.05, 3.63) is 0 Å². The van der Waals surface area contributed by atoms with Gasteiger partial charge in [-0.3, -0.25) is 4.79 Å². The highest BCUT2D eigenvalue weighted by Gasteiger charge is 2.52. The lowest BCUT2D eigenvalue weighted by molar-refractivity contribution is -0.159. The van der Waals surface area contributed by atoms with Gasteiger partial charge >= 0.3 is 5.97 Å². The van der Waals surface area contributed by atoms with E-state index in [1.165, 1.54) is 0 Å². The molecule has 3 N–H and O–H groups in total. The summed E-state index contributed by atoms with van der Waals surface area (Å²) in [6.07, 6.45) is 6.14. The summed E-state index contributed by atoms with van der Waals surface area (Å²) in [7, 11) is 0. The second-order valence-corrected chi connectivity index (χ2v) is 5.97. The lowest BCUT2D eigenvalue weighted by atomic mass is 9.80. The van der Waals surface area contributed by atoms with Crippen LogP contribution in [0.15, 0.2) is 0 Å². The highest BCUT2D eigenvalue weighted by molar-refractivity contribution is 5.92. The van der Waals surface area contributed by atoms with Gasteiger partial charge in [-0.15, -0.1) is 0 Å². The maximum atomic E-state index is 12.7. The number of carbonyl (C=O) groups excluding carboxylic acids is 1. The van der Waals surface area contributed by atoms with E-state index >= 15 is 0 Å². The summed E-state index contributed by atoms with van der Waals surface area (Å²) in [6.45, 7) is 2.36. The van der Waals surface area contributed by atoms with Gasteiger partial charge in [-0.25, -0.2) is 4.79 Å². The van der Waals surface area contributed by atoms with E-state index in [1.807, 2.05) is 6.92 Å². The van der Waals surface area contributed by atoms with Crippen LogP contribution in [0.2, 0.25) is 0 Å². The number of nitrogens with two attached hydrogens (primary N) is 1. The molecule has 19 heavy (non-hydrogen) atoms. The van der Waals surface area contributed by atoms with E-state index in [0.717, 1.165) is 25.7 Å². The molecule has 1 saturated carbocycles. The second-order valence-electron chi connectivity index (χ2n) is 5.97. The maximum absolute atomic E-state index is 12.7. The Morgan fingerprint density at radius 1 is 1.16 bits per heavy atom. The molecule has 5 heteroatoms. The van der Waals surface area contributed by atoms with Crippen molar-refractivity contribution in [3.63, 3.8) is 0 Å². The first-order valence-corrected chi connectivity index (χ1v) is 7.31. The molecule has 1 aliphatic carbocycles. The van der Waals surface area contributed by atoms with Gasteiger partial charge in [0.2, 0.25) is 5.91 Å². The summed E-state index contributed by atoms with van der Waals surface area (Å²) in [5, 5.41) is 9.53. The van der Waals surface area contributed by atoms with Crippen LogP contribution >= 0.6 is 0 Å². The Labute approximate surface area is 114 Å². The zero-order chi connectivity index (χ0) is 14.1. The first-order valence-electron chi connectivity index (χ1n) is 7.31. The summed E-state index contributed by atoms with van der Waals surface area (Å²) in [5.41, 5.74) is 4.41. The molecule has 2 aliphatic rings. The van der Waals surface area contributed by atoms with Gasteiger partial charge in [0.15, 0.2) is 0 Å². The number of carboxylic acid groups (broad SMARTS) is 1. The minimum atomic E-state index is -1.03. The summed E-state index contributed by atoms with van der Waals surface area (Å²) in [5.74, 6) is -1.03. The van der Waals surface area contributed by atoms with E-state index in [0.29, 0.717) is 32.2 Å². The first-order chi connectivity index (χ1) is 8.96. The fourth-order valence-corrected chi connectivity index (χ4v) is 3.58. The number of carboxylic acids is 1. The van der Waals surface area contributed by atoms with Crippen LogP contribution in [-0.2, 0) is 9.59 Å². The van der Waals surface area contributed by atoms with Gasteiger partial charge in [-0.05, 0) is 32.1 Å². The Morgan fingerprint density at radius 2 is 1.79 bits per heavy atom. The number of hydrogen-bond donors (Lipinski definition) is 2. The fraction of sp³-hybridized carbons (Fsp3) is 0.857. The molecule has 108 valence electrons. The third-order valence-corrected chi connectivity index (χ3v) is 4.89. The summed E-state index contributed by atoms with van der Waals surface area (Å²) < 4.78 is 0. The van der Waals surface area contributed by atoms with E-state index in [4.69, 9.17) is 5.73 Å². The molecule has 0 spiro atoms. The lowest BCUT2D eigenvalue weighted by Crippen LogP contribution is -2.62. The van der Waals surface area contributed by atoms with E-state index in [2.05, 4.69) is 0 Å². The SMILES string of the molecule is CCC1(C(=O)O)CCCN1C(=O)C1(N)CCCCC1. The predicted octanol–water partition coefficient (Wildman–Crippen LogP) is 1.50. The van der Waals surface area contributed by atoms with Crippen LogP contribution in [0.4, 0.5) is 0 Å². The van der Waals surface area contributed by atoms with Crippen LogP contribution in [-0.4, -0.2) is 39.5 Å². The Balaban J connectivity index is 2.24. The van der Waals surface area contributed by atoms with Crippen LogP contribution in [0.25, 0.3) is 0 Å². The molecule has 1 aliphatic heterocycles. The molecule has 2 rings (SSSR count). The molecule has 0 aromatic carbocycles. The molecule has 0 bridgehead atoms. The van der Waals surface area contributed by atoms with Crippen molar-refractivity contribution in [1.29, 1.82) is 0 Å². The Bertz CT molecular complexity index is 377. The Kier molecular flexibility index (Phi) is 3.85. The highest BCUT2D eigenvalue weighted by atomic mass is 16.4. The van der Waals surface area contributed by atoms with Crippen LogP contribution in [0.5, 0.6) is 0 Å². The molecular formula is C14H24N2O3. The zero-order valence-corrected chi connectivity index (χ0v) is 11.7. The van der Waals surface area contributed by atoms with E-state index < -0.39 is 17.0 Å². The largest absolute Gasteiger partial charge is 0.479 e. The van der Waals surface area contributed by atoms with Gasteiger partial charge in [-0.1, -0.05) is 26.2 Å².